The van der Waals surface area contributed by atoms with Crippen LogP contribution in [0, 0.1) is 0 Å². The summed E-state index contributed by atoms with van der Waals surface area (Å²) >= 11 is 6.84. The van der Waals surface area contributed by atoms with Crippen LogP contribution in [0.25, 0.3) is 0 Å². The number of nitrogens with zero attached hydrogens (tertiary/aromatic N) is 2. The van der Waals surface area contributed by atoms with E-state index < -0.39 is 13.2 Å². The van der Waals surface area contributed by atoms with Crippen LogP contribution < -0.4 is 0 Å². The second-order valence-corrected chi connectivity index (χ2v) is 2.85. The van der Waals surface area contributed by atoms with E-state index in [-0.39, 0.29) is 16.0 Å². The van der Waals surface area contributed by atoms with E-state index in [1.54, 1.807) is 6.26 Å². The maximum absolute atomic E-state index is 7.53. The van der Waals surface area contributed by atoms with Crippen LogP contribution in [0.5, 0.6) is 0 Å². The van der Waals surface area contributed by atoms with Gasteiger partial charge in [0, 0.05) is 12.5 Å². The van der Waals surface area contributed by atoms with E-state index in [4.69, 9.17) is 18.5 Å². The molecule has 0 saturated carbocycles. The second-order valence-electron chi connectivity index (χ2n) is 1.69. The van der Waals surface area contributed by atoms with Crippen molar-refractivity contribution in [1.82, 2.24) is 9.97 Å². The fourth-order valence-electron chi connectivity index (χ4n) is 0.552. The Hall–Kier alpha value is -0.280. The molecule has 0 aliphatic heterocycles. The SMILES string of the molecule is [2H]C([2H])([2H])C([2H])([2H])c1cc(Cl)nc(SC)n1. The van der Waals surface area contributed by atoms with E-state index in [1.807, 2.05) is 0 Å². The standard InChI is InChI=1S/C7H9ClN2S/c1-3-5-4-6(8)10-7(9-5)11-2/h4H,3H2,1-2H3/i1D3,3D2. The van der Waals surface area contributed by atoms with Gasteiger partial charge in [0.1, 0.15) is 5.15 Å². The highest BCUT2D eigenvalue weighted by Gasteiger charge is 1.99. The molecule has 0 aliphatic rings. The van der Waals surface area contributed by atoms with Crippen LogP contribution >= 0.6 is 23.4 Å². The first-order chi connectivity index (χ1) is 7.18. The van der Waals surface area contributed by atoms with Crippen molar-refractivity contribution < 1.29 is 6.85 Å². The van der Waals surface area contributed by atoms with Crippen LogP contribution in [0.3, 0.4) is 0 Å². The van der Waals surface area contributed by atoms with Gasteiger partial charge >= 0.3 is 0 Å². The van der Waals surface area contributed by atoms with Gasteiger partial charge in [-0.05, 0) is 18.7 Å². The zero-order valence-corrected chi connectivity index (χ0v) is 7.33. The third-order valence-electron chi connectivity index (χ3n) is 0.985. The van der Waals surface area contributed by atoms with Gasteiger partial charge in [0.15, 0.2) is 5.16 Å². The van der Waals surface area contributed by atoms with Gasteiger partial charge in [0.25, 0.3) is 0 Å². The molecule has 4 heteroatoms. The predicted octanol–water partition coefficient (Wildman–Crippen LogP) is 2.41. The second kappa shape index (κ2) is 3.93. The minimum absolute atomic E-state index is 0.0301. The molecular formula is C7H9ClN2S. The molecule has 0 unspecified atom stereocenters. The van der Waals surface area contributed by atoms with E-state index in [1.165, 1.54) is 11.8 Å². The van der Waals surface area contributed by atoms with E-state index >= 15 is 0 Å². The Kier molecular flexibility index (Phi) is 1.46. The largest absolute Gasteiger partial charge is 0.228 e. The quantitative estimate of drug-likeness (QED) is 0.410. The van der Waals surface area contributed by atoms with Gasteiger partial charge < -0.3 is 0 Å². The molecule has 1 aromatic rings. The summed E-state index contributed by atoms with van der Waals surface area (Å²) in [5, 5.41) is 0.276. The molecule has 0 aromatic carbocycles. The zero-order chi connectivity index (χ0) is 12.6. The van der Waals surface area contributed by atoms with Gasteiger partial charge in [-0.3, -0.25) is 0 Å². The van der Waals surface area contributed by atoms with Gasteiger partial charge in [0.05, 0.1) is 0 Å². The molecule has 60 valence electrons. The maximum Gasteiger partial charge on any atom is 0.188 e. The summed E-state index contributed by atoms with van der Waals surface area (Å²) in [6.07, 6.45) is -0.843. The van der Waals surface area contributed by atoms with Crippen LogP contribution in [0.15, 0.2) is 11.2 Å². The van der Waals surface area contributed by atoms with E-state index in [2.05, 4.69) is 9.97 Å². The highest BCUT2D eigenvalue weighted by Crippen LogP contribution is 2.13. The lowest BCUT2D eigenvalue weighted by molar-refractivity contribution is 0.892. The van der Waals surface area contributed by atoms with E-state index in [0.29, 0.717) is 0 Å². The number of hydrogen-bond acceptors (Lipinski definition) is 3. The summed E-state index contributed by atoms with van der Waals surface area (Å²) in [5.41, 5.74) is -0.225. The third kappa shape index (κ3) is 2.34. The Morgan fingerprint density at radius 1 is 1.82 bits per heavy atom. The summed E-state index contributed by atoms with van der Waals surface area (Å²) in [7, 11) is 0. The molecule has 0 atom stereocenters. The van der Waals surface area contributed by atoms with Crippen LogP contribution in [0.1, 0.15) is 19.4 Å². The van der Waals surface area contributed by atoms with Crippen molar-refractivity contribution in [3.05, 3.63) is 16.9 Å². The molecule has 0 spiro atoms. The Labute approximate surface area is 82.4 Å². The molecule has 0 fully saturated rings. The minimum Gasteiger partial charge on any atom is -0.228 e. The first-order valence-corrected chi connectivity index (χ1v) is 4.38. The highest BCUT2D eigenvalue weighted by atomic mass is 35.5. The van der Waals surface area contributed by atoms with Gasteiger partial charge in [-0.1, -0.05) is 30.2 Å². The van der Waals surface area contributed by atoms with Crippen molar-refractivity contribution in [1.29, 1.82) is 0 Å². The van der Waals surface area contributed by atoms with Gasteiger partial charge in [-0.15, -0.1) is 0 Å². The molecule has 2 nitrogen and oxygen atoms in total. The van der Waals surface area contributed by atoms with Crippen molar-refractivity contribution in [2.75, 3.05) is 6.26 Å². The summed E-state index contributed by atoms with van der Waals surface area (Å²) in [6, 6.07) is 1.13. The number of hydrogen-bond donors (Lipinski definition) is 0. The monoisotopic (exact) mass is 193 g/mol. The molecule has 11 heavy (non-hydrogen) atoms. The fraction of sp³-hybridized carbons (Fsp3) is 0.429. The first kappa shape index (κ1) is 4.10. The lowest BCUT2D eigenvalue weighted by atomic mass is 10.3. The Morgan fingerprint density at radius 3 is 3.27 bits per heavy atom. The zero-order valence-electron chi connectivity index (χ0n) is 10.8. The molecule has 0 aliphatic carbocycles. The van der Waals surface area contributed by atoms with Gasteiger partial charge in [-0.25, -0.2) is 9.97 Å². The number of aromatic nitrogens is 2. The van der Waals surface area contributed by atoms with Gasteiger partial charge in [-0.2, -0.15) is 0 Å². The minimum atomic E-state index is -2.79. The summed E-state index contributed by atoms with van der Waals surface area (Å²) < 4.78 is 36.4. The lowest BCUT2D eigenvalue weighted by Crippen LogP contribution is -1.92. The molecule has 1 rings (SSSR count). The van der Waals surface area contributed by atoms with E-state index in [0.717, 1.165) is 6.07 Å². The highest BCUT2D eigenvalue weighted by molar-refractivity contribution is 7.98. The lowest BCUT2D eigenvalue weighted by Gasteiger charge is -1.98. The number of halogens is 1. The van der Waals surface area contributed by atoms with Crippen LogP contribution in [0.2, 0.25) is 5.15 Å². The van der Waals surface area contributed by atoms with Crippen LogP contribution in [-0.4, -0.2) is 16.2 Å². The van der Waals surface area contributed by atoms with Crippen LogP contribution in [-0.2, 0) is 6.37 Å². The van der Waals surface area contributed by atoms with Gasteiger partial charge in [0.2, 0.25) is 0 Å². The Bertz CT molecular complexity index is 395. The van der Waals surface area contributed by atoms with Crippen molar-refractivity contribution in [3.8, 4) is 0 Å². The molecule has 0 N–H and O–H groups in total. The summed E-state index contributed by atoms with van der Waals surface area (Å²) in [6.45, 7) is -2.79. The number of thioether (sulfide) groups is 1. The Balaban J connectivity index is 3.27. The molecule has 0 bridgehead atoms. The average Bonchev–Trinajstić information content (AvgIpc) is 2.15. The fourth-order valence-corrected chi connectivity index (χ4v) is 1.16. The summed E-state index contributed by atoms with van der Waals surface area (Å²) in [5.74, 6) is 0. The molecule has 1 heterocycles. The predicted molar refractivity (Wildman–Crippen MR) is 48.2 cm³/mol. The number of aryl methyl sites for hydroxylation is 1. The van der Waals surface area contributed by atoms with E-state index in [9.17, 15) is 0 Å². The Morgan fingerprint density at radius 2 is 2.64 bits per heavy atom. The smallest absolute Gasteiger partial charge is 0.188 e. The average molecular weight is 194 g/mol. The molecular weight excluding hydrogens is 180 g/mol. The number of rotatable bonds is 2. The van der Waals surface area contributed by atoms with Crippen molar-refractivity contribution in [3.63, 3.8) is 0 Å². The molecule has 0 amide bonds. The van der Waals surface area contributed by atoms with Crippen molar-refractivity contribution in [2.45, 2.75) is 18.4 Å². The molecule has 1 aromatic heterocycles. The normalized spacial score (nSPS) is 19.3. The summed E-state index contributed by atoms with van der Waals surface area (Å²) in [4.78, 5) is 7.64. The molecule has 0 radical (unpaired) electrons. The van der Waals surface area contributed by atoms with Crippen LogP contribution in [0.4, 0.5) is 0 Å². The third-order valence-corrected chi connectivity index (χ3v) is 1.73. The topological polar surface area (TPSA) is 25.8 Å². The van der Waals surface area contributed by atoms with Crippen molar-refractivity contribution >= 4 is 23.4 Å². The first-order valence-electron chi connectivity index (χ1n) is 5.27. The maximum atomic E-state index is 7.53. The molecule has 0 saturated heterocycles. The van der Waals surface area contributed by atoms with Crippen molar-refractivity contribution in [2.24, 2.45) is 0 Å².